The maximum Gasteiger partial charge on any atom is 1.00 e. The molecule has 0 aliphatic carbocycles. The van der Waals surface area contributed by atoms with Gasteiger partial charge < -0.3 is 33.2 Å². The molecule has 4 nitrogen and oxygen atoms in total. The van der Waals surface area contributed by atoms with Gasteiger partial charge >= 0.3 is 29.6 Å². The fourth-order valence-corrected chi connectivity index (χ4v) is 0.0577. The molecule has 54 valence electrons. The first-order chi connectivity index (χ1) is 2.81. The molecule has 0 saturated heterocycles. The van der Waals surface area contributed by atoms with Crippen LogP contribution in [0.15, 0.2) is 0 Å². The predicted octanol–water partition coefficient (Wildman–Crippen LogP) is -8.48. The molecule has 6 heteroatoms. The molecule has 0 aromatic carbocycles. The normalized spacial score (nSPS) is 6.67. The monoisotopic (exact) mass is 168 g/mol. The summed E-state index contributed by atoms with van der Waals surface area (Å²) in [6.07, 6.45) is -0.954. The Hall–Kier alpha value is 1.13. The van der Waals surface area contributed by atoms with Crippen LogP contribution < -0.4 is 42.0 Å². The van der Waals surface area contributed by atoms with Crippen molar-refractivity contribution in [3.8, 4) is 0 Å². The van der Waals surface area contributed by atoms with Crippen LogP contribution in [0, 0.1) is 0 Å². The Morgan fingerprint density at radius 1 is 1.11 bits per heavy atom. The van der Waals surface area contributed by atoms with Crippen LogP contribution in [0.5, 0.6) is 0 Å². The second-order valence-corrected chi connectivity index (χ2v) is 1.02. The molecule has 5 N–H and O–H groups in total. The van der Waals surface area contributed by atoms with Crippen molar-refractivity contribution in [2.24, 2.45) is 0 Å². The van der Waals surface area contributed by atoms with Crippen LogP contribution in [0.2, 0.25) is 0 Å². The third-order valence-electron chi connectivity index (χ3n) is 0.421. The first kappa shape index (κ1) is 22.5. The zero-order chi connectivity index (χ0) is 4.99. The van der Waals surface area contributed by atoms with Crippen molar-refractivity contribution in [3.63, 3.8) is 0 Å². The average molecular weight is 169 g/mol. The van der Waals surface area contributed by atoms with E-state index < -0.39 is 6.10 Å². The SMILES string of the molecule is O.OCC(O)CO.[Cl-].[Na+]. The molecule has 0 amide bonds. The molecule has 0 unspecified atom stereocenters. The van der Waals surface area contributed by atoms with Crippen molar-refractivity contribution in [2.45, 2.75) is 6.10 Å². The van der Waals surface area contributed by atoms with Crippen LogP contribution >= 0.6 is 0 Å². The van der Waals surface area contributed by atoms with Gasteiger partial charge in [0.25, 0.3) is 0 Å². The van der Waals surface area contributed by atoms with Crippen LogP contribution in [0.1, 0.15) is 0 Å². The molecule has 0 spiro atoms. The van der Waals surface area contributed by atoms with Gasteiger partial charge in [-0.25, -0.2) is 0 Å². The molecular weight excluding hydrogens is 158 g/mol. The first-order valence-corrected chi connectivity index (χ1v) is 1.71. The molecule has 0 aliphatic rings. The van der Waals surface area contributed by atoms with Crippen LogP contribution in [0.25, 0.3) is 0 Å². The molecule has 0 radical (unpaired) electrons. The van der Waals surface area contributed by atoms with Gasteiger partial charge in [-0.15, -0.1) is 0 Å². The molecule has 0 aromatic heterocycles. The van der Waals surface area contributed by atoms with Crippen LogP contribution in [-0.4, -0.2) is 40.1 Å². The van der Waals surface area contributed by atoms with Gasteiger partial charge in [-0.3, -0.25) is 0 Å². The smallest absolute Gasteiger partial charge is 1.00 e. The minimum absolute atomic E-state index is 0. The van der Waals surface area contributed by atoms with E-state index in [-0.39, 0.29) is 60.7 Å². The average Bonchev–Trinajstić information content (AvgIpc) is 1.65. The number of rotatable bonds is 2. The Kier molecular flexibility index (Phi) is 40.1. The van der Waals surface area contributed by atoms with Gasteiger partial charge in [0.2, 0.25) is 0 Å². The molecule has 0 saturated carbocycles. The van der Waals surface area contributed by atoms with Crippen molar-refractivity contribution >= 4 is 0 Å². The summed E-state index contributed by atoms with van der Waals surface area (Å²) >= 11 is 0. The van der Waals surface area contributed by atoms with E-state index in [1.54, 1.807) is 0 Å². The molecule has 0 aromatic rings. The standard InChI is InChI=1S/C3H8O3.ClH.Na.H2O/c4-1-3(6)2-5;;;/h3-6H,1-2H2;1H;;1H2/q;;+1;/p-1. The Morgan fingerprint density at radius 2 is 1.33 bits per heavy atom. The summed E-state index contributed by atoms with van der Waals surface area (Å²) in [5.74, 6) is 0. The maximum absolute atomic E-state index is 8.17. The topological polar surface area (TPSA) is 92.2 Å². The van der Waals surface area contributed by atoms with E-state index in [2.05, 4.69) is 0 Å². The molecule has 9 heavy (non-hydrogen) atoms. The molecule has 0 bridgehead atoms. The second kappa shape index (κ2) is 16.1. The van der Waals surface area contributed by atoms with E-state index in [1.807, 2.05) is 0 Å². The molecule has 0 heterocycles. The van der Waals surface area contributed by atoms with Gasteiger partial charge in [0, 0.05) is 0 Å². The summed E-state index contributed by atoms with van der Waals surface area (Å²) in [5.41, 5.74) is 0. The van der Waals surface area contributed by atoms with E-state index >= 15 is 0 Å². The minimum Gasteiger partial charge on any atom is -1.00 e. The third-order valence-corrected chi connectivity index (χ3v) is 0.421. The summed E-state index contributed by atoms with van der Waals surface area (Å²) in [4.78, 5) is 0. The Bertz CT molecular complexity index is 35.0. The van der Waals surface area contributed by atoms with Crippen LogP contribution in [-0.2, 0) is 0 Å². The van der Waals surface area contributed by atoms with Gasteiger partial charge in [0.15, 0.2) is 0 Å². The molecule has 0 rings (SSSR count). The molecular formula is C3H10ClNaO4. The van der Waals surface area contributed by atoms with Crippen molar-refractivity contribution in [3.05, 3.63) is 0 Å². The van der Waals surface area contributed by atoms with E-state index in [1.165, 1.54) is 0 Å². The number of halogens is 1. The fourth-order valence-electron chi connectivity index (χ4n) is 0.0577. The first-order valence-electron chi connectivity index (χ1n) is 1.71. The number of hydrogen-bond acceptors (Lipinski definition) is 3. The maximum atomic E-state index is 8.17. The van der Waals surface area contributed by atoms with E-state index in [9.17, 15) is 0 Å². The number of aliphatic hydroxyl groups excluding tert-OH is 3. The van der Waals surface area contributed by atoms with Crippen molar-refractivity contribution < 1.29 is 62.8 Å². The Labute approximate surface area is 81.9 Å². The minimum atomic E-state index is -0.954. The summed E-state index contributed by atoms with van der Waals surface area (Å²) in [6, 6.07) is 0. The second-order valence-electron chi connectivity index (χ2n) is 1.02. The van der Waals surface area contributed by atoms with E-state index in [4.69, 9.17) is 15.3 Å². The summed E-state index contributed by atoms with van der Waals surface area (Å²) < 4.78 is 0. The largest absolute Gasteiger partial charge is 1.00 e. The van der Waals surface area contributed by atoms with Gasteiger partial charge in [-0.2, -0.15) is 0 Å². The predicted molar refractivity (Wildman–Crippen MR) is 23.8 cm³/mol. The van der Waals surface area contributed by atoms with E-state index in [0.717, 1.165) is 0 Å². The van der Waals surface area contributed by atoms with E-state index in [0.29, 0.717) is 0 Å². The van der Waals surface area contributed by atoms with Gasteiger partial charge in [0.1, 0.15) is 6.10 Å². The van der Waals surface area contributed by atoms with Crippen LogP contribution in [0.4, 0.5) is 0 Å². The number of aliphatic hydroxyl groups is 3. The van der Waals surface area contributed by atoms with Gasteiger partial charge in [-0.1, -0.05) is 0 Å². The van der Waals surface area contributed by atoms with Crippen LogP contribution in [0.3, 0.4) is 0 Å². The zero-order valence-electron chi connectivity index (χ0n) is 5.21. The zero-order valence-corrected chi connectivity index (χ0v) is 7.97. The van der Waals surface area contributed by atoms with Gasteiger partial charge in [0.05, 0.1) is 13.2 Å². The molecule has 0 aliphatic heterocycles. The van der Waals surface area contributed by atoms with Crippen molar-refractivity contribution in [2.75, 3.05) is 13.2 Å². The third kappa shape index (κ3) is 17.6. The summed E-state index contributed by atoms with van der Waals surface area (Å²) in [7, 11) is 0. The Morgan fingerprint density at radius 3 is 1.33 bits per heavy atom. The fraction of sp³-hybridized carbons (Fsp3) is 1.00. The summed E-state index contributed by atoms with van der Waals surface area (Å²) in [6.45, 7) is -0.729. The summed E-state index contributed by atoms with van der Waals surface area (Å²) in [5, 5.41) is 24.0. The molecule has 0 fully saturated rings. The molecule has 0 atom stereocenters. The Balaban J connectivity index is -0.0000000417. The van der Waals surface area contributed by atoms with Crippen molar-refractivity contribution in [1.82, 2.24) is 0 Å². The quantitative estimate of drug-likeness (QED) is 0.358. The van der Waals surface area contributed by atoms with Gasteiger partial charge in [-0.05, 0) is 0 Å². The van der Waals surface area contributed by atoms with Crippen molar-refractivity contribution in [1.29, 1.82) is 0 Å². The number of hydrogen-bond donors (Lipinski definition) is 3.